The average molecular weight is 566 g/mol. The highest BCUT2D eigenvalue weighted by molar-refractivity contribution is 5.84. The summed E-state index contributed by atoms with van der Waals surface area (Å²) >= 11 is 0. The van der Waals surface area contributed by atoms with E-state index in [1.54, 1.807) is 0 Å². The van der Waals surface area contributed by atoms with Gasteiger partial charge in [0.15, 0.2) is 5.82 Å². The number of amides is 1. The number of tetrazole rings is 1. The second-order valence-electron chi connectivity index (χ2n) is 12.3. The maximum atomic E-state index is 14.1. The minimum absolute atomic E-state index is 0.152. The molecule has 0 unspecified atom stereocenters. The van der Waals surface area contributed by atoms with Gasteiger partial charge in [0.05, 0.1) is 11.0 Å². The number of nitrogens with zero attached hydrogens (tertiary/aromatic N) is 6. The lowest BCUT2D eigenvalue weighted by Gasteiger charge is -2.39. The number of fused-ring (bicyclic) bond motifs is 2. The monoisotopic (exact) mass is 565 g/mol. The molecule has 3 atom stereocenters. The molecule has 0 radical (unpaired) electrons. The number of likely N-dealkylation sites (tertiary alicyclic amines) is 1. The summed E-state index contributed by atoms with van der Waals surface area (Å²) in [5.41, 5.74) is 2.39. The molecule has 7 rings (SSSR count). The van der Waals surface area contributed by atoms with Crippen molar-refractivity contribution < 1.29 is 18.0 Å². The highest BCUT2D eigenvalue weighted by atomic mass is 19.4. The molecule has 0 spiro atoms. The van der Waals surface area contributed by atoms with E-state index in [1.165, 1.54) is 11.6 Å². The molecule has 2 aliphatic carbocycles. The van der Waals surface area contributed by atoms with Crippen LogP contribution in [0.2, 0.25) is 0 Å². The number of benzene rings is 1. The Kier molecular flexibility index (Phi) is 6.59. The van der Waals surface area contributed by atoms with Crippen molar-refractivity contribution in [3.8, 4) is 11.4 Å². The minimum Gasteiger partial charge on any atom is -0.337 e. The van der Waals surface area contributed by atoms with E-state index < -0.39 is 11.7 Å². The summed E-state index contributed by atoms with van der Waals surface area (Å²) in [5, 5.41) is 14.3. The van der Waals surface area contributed by atoms with Crippen LogP contribution in [0.25, 0.3) is 11.4 Å². The van der Waals surface area contributed by atoms with Crippen LogP contribution >= 0.6 is 0 Å². The molecule has 4 aliphatic rings. The Morgan fingerprint density at radius 3 is 2.73 bits per heavy atom. The maximum Gasteiger partial charge on any atom is 0.417 e. The van der Waals surface area contributed by atoms with E-state index in [0.717, 1.165) is 69.8 Å². The molecule has 3 aromatic rings. The number of aromatic amines is 1. The van der Waals surface area contributed by atoms with Crippen LogP contribution < -0.4 is 0 Å². The standard InChI is InChI=1S/C30H34F3N7O/c31-30(32,33)24-14-22-18-40(12-8-26(22)34-17-24)28(41)29-9-2-5-23(29)15-25(16-29)39-10-6-19(7-11-39)20-3-1-4-21(13-20)27-35-37-38-36-27/h1,3-4,13-14,17,19,23,25H,2,5-12,15-16,18H2,(H,35,36,37,38)/t23-,25-,29-/m1/s1. The quantitative estimate of drug-likeness (QED) is 0.479. The van der Waals surface area contributed by atoms with E-state index in [4.69, 9.17) is 0 Å². The van der Waals surface area contributed by atoms with E-state index in [-0.39, 0.29) is 17.9 Å². The van der Waals surface area contributed by atoms with Crippen LogP contribution in [0, 0.1) is 11.3 Å². The number of H-pyrrole nitrogens is 1. The predicted octanol–water partition coefficient (Wildman–Crippen LogP) is 4.99. The van der Waals surface area contributed by atoms with Crippen molar-refractivity contribution in [1.29, 1.82) is 0 Å². The van der Waals surface area contributed by atoms with Gasteiger partial charge >= 0.3 is 6.18 Å². The Hall–Kier alpha value is -3.34. The molecule has 3 fully saturated rings. The largest absolute Gasteiger partial charge is 0.417 e. The fourth-order valence-electron chi connectivity index (χ4n) is 8.12. The van der Waals surface area contributed by atoms with E-state index in [2.05, 4.69) is 48.7 Å². The van der Waals surface area contributed by atoms with Gasteiger partial charge < -0.3 is 9.80 Å². The Morgan fingerprint density at radius 1 is 1.10 bits per heavy atom. The van der Waals surface area contributed by atoms with Crippen molar-refractivity contribution in [3.63, 3.8) is 0 Å². The van der Waals surface area contributed by atoms with Crippen molar-refractivity contribution in [2.24, 2.45) is 11.3 Å². The van der Waals surface area contributed by atoms with Crippen LogP contribution in [0.1, 0.15) is 73.2 Å². The first-order valence-electron chi connectivity index (χ1n) is 14.7. The molecule has 216 valence electrons. The molecule has 1 amide bonds. The summed E-state index contributed by atoms with van der Waals surface area (Å²) < 4.78 is 40.0. The summed E-state index contributed by atoms with van der Waals surface area (Å²) in [6.07, 6.45) is 4.01. The number of carbonyl (C=O) groups excluding carboxylic acids is 1. The zero-order valence-corrected chi connectivity index (χ0v) is 22.9. The predicted molar refractivity (Wildman–Crippen MR) is 144 cm³/mol. The van der Waals surface area contributed by atoms with Crippen LogP contribution in [0.3, 0.4) is 0 Å². The molecule has 8 nitrogen and oxygen atoms in total. The van der Waals surface area contributed by atoms with Crippen molar-refractivity contribution in [2.45, 2.75) is 76.0 Å². The number of carbonyl (C=O) groups is 1. The number of pyridine rings is 1. The van der Waals surface area contributed by atoms with Gasteiger partial charge in [0.2, 0.25) is 5.91 Å². The Bertz CT molecular complexity index is 1420. The molecule has 1 aromatic carbocycles. The van der Waals surface area contributed by atoms with Crippen molar-refractivity contribution in [1.82, 2.24) is 35.4 Å². The lowest BCUT2D eigenvalue weighted by molar-refractivity contribution is -0.144. The first kappa shape index (κ1) is 26.6. The zero-order valence-electron chi connectivity index (χ0n) is 22.9. The van der Waals surface area contributed by atoms with Crippen LogP contribution in [-0.2, 0) is 23.9 Å². The molecule has 4 heterocycles. The highest BCUT2D eigenvalue weighted by Crippen LogP contribution is 2.57. The number of hydrogen-bond acceptors (Lipinski definition) is 6. The van der Waals surface area contributed by atoms with Gasteiger partial charge in [-0.2, -0.15) is 13.2 Å². The number of alkyl halides is 3. The van der Waals surface area contributed by atoms with Crippen LogP contribution in [-0.4, -0.2) is 67.0 Å². The maximum absolute atomic E-state index is 14.1. The molecule has 0 bridgehead atoms. The van der Waals surface area contributed by atoms with E-state index in [0.29, 0.717) is 47.9 Å². The van der Waals surface area contributed by atoms with Crippen molar-refractivity contribution in [3.05, 3.63) is 58.9 Å². The van der Waals surface area contributed by atoms with Crippen LogP contribution in [0.5, 0.6) is 0 Å². The molecule has 2 saturated carbocycles. The SMILES string of the molecule is O=C(N1CCc2ncc(C(F)(F)F)cc2C1)[C@@]12CCC[C@@H]1C[C@@H](N1CCC(c3cccc(-c4nnn[nH]4)c3)CC1)C2. The first-order chi connectivity index (χ1) is 19.8. The highest BCUT2D eigenvalue weighted by Gasteiger charge is 2.57. The van der Waals surface area contributed by atoms with Crippen LogP contribution in [0.4, 0.5) is 13.2 Å². The second kappa shape index (κ2) is 10.2. The minimum atomic E-state index is -4.44. The lowest BCUT2D eigenvalue weighted by Crippen LogP contribution is -2.47. The summed E-state index contributed by atoms with van der Waals surface area (Å²) in [4.78, 5) is 22.6. The average Bonchev–Trinajstić information content (AvgIpc) is 3.73. The third kappa shape index (κ3) is 4.81. The first-order valence-corrected chi connectivity index (χ1v) is 14.7. The van der Waals surface area contributed by atoms with Gasteiger partial charge in [-0.1, -0.05) is 24.6 Å². The fourth-order valence-corrected chi connectivity index (χ4v) is 8.12. The molecule has 41 heavy (non-hydrogen) atoms. The van der Waals surface area contributed by atoms with Gasteiger partial charge in [0, 0.05) is 43.0 Å². The number of nitrogens with one attached hydrogen (secondary N) is 1. The summed E-state index contributed by atoms with van der Waals surface area (Å²) in [6, 6.07) is 10.0. The van der Waals surface area contributed by atoms with Crippen LogP contribution in [0.15, 0.2) is 36.5 Å². The molecule has 2 aromatic heterocycles. The normalized spacial score (nSPS) is 27.1. The Morgan fingerprint density at radius 2 is 1.95 bits per heavy atom. The van der Waals surface area contributed by atoms with E-state index >= 15 is 0 Å². The van der Waals surface area contributed by atoms with Gasteiger partial charge in [0.25, 0.3) is 0 Å². The summed E-state index contributed by atoms with van der Waals surface area (Å²) in [6.45, 7) is 2.75. The summed E-state index contributed by atoms with van der Waals surface area (Å²) in [5.74, 6) is 1.65. The van der Waals surface area contributed by atoms with Crippen molar-refractivity contribution >= 4 is 5.91 Å². The Labute approximate surface area is 236 Å². The zero-order chi connectivity index (χ0) is 28.2. The molecule has 2 aliphatic heterocycles. The van der Waals surface area contributed by atoms with Gasteiger partial charge in [0.1, 0.15) is 0 Å². The van der Waals surface area contributed by atoms with Gasteiger partial charge in [-0.25, -0.2) is 5.10 Å². The number of hydrogen-bond donors (Lipinski definition) is 1. The lowest BCUT2D eigenvalue weighted by atomic mass is 9.78. The van der Waals surface area contributed by atoms with E-state index in [1.807, 2.05) is 11.0 Å². The smallest absolute Gasteiger partial charge is 0.337 e. The van der Waals surface area contributed by atoms with Crippen molar-refractivity contribution in [2.75, 3.05) is 19.6 Å². The third-order valence-electron chi connectivity index (χ3n) is 10.2. The number of rotatable bonds is 4. The molecule has 1 saturated heterocycles. The molecule has 11 heteroatoms. The number of piperidine rings is 1. The molecular weight excluding hydrogens is 531 g/mol. The van der Waals surface area contributed by atoms with Gasteiger partial charge in [-0.05, 0) is 97.1 Å². The third-order valence-corrected chi connectivity index (χ3v) is 10.2. The van der Waals surface area contributed by atoms with Gasteiger partial charge in [-0.15, -0.1) is 5.10 Å². The fraction of sp³-hybridized carbons (Fsp3) is 0.567. The molecule has 1 N–H and O–H groups in total. The summed E-state index contributed by atoms with van der Waals surface area (Å²) in [7, 11) is 0. The van der Waals surface area contributed by atoms with Gasteiger partial charge in [-0.3, -0.25) is 9.78 Å². The second-order valence-corrected chi connectivity index (χ2v) is 12.3. The van der Waals surface area contributed by atoms with E-state index in [9.17, 15) is 18.0 Å². The topological polar surface area (TPSA) is 90.9 Å². The molecular formula is C30H34F3N7O. The number of halogens is 3. The Balaban J connectivity index is 1.02. The number of aromatic nitrogens is 5.